The fraction of sp³-hybridized carbons (Fsp3) is 0.107. The quantitative estimate of drug-likeness (QED) is 0.244. The molecule has 1 unspecified atom stereocenters. The molecule has 35 heavy (non-hydrogen) atoms. The van der Waals surface area contributed by atoms with Gasteiger partial charge in [-0.15, -0.1) is 0 Å². The van der Waals surface area contributed by atoms with E-state index in [1.807, 2.05) is 30.3 Å². The Morgan fingerprint density at radius 3 is 2.34 bits per heavy atom. The molecular formula is C28H17ClN4O2. The van der Waals surface area contributed by atoms with Gasteiger partial charge in [-0.05, 0) is 54.1 Å². The zero-order valence-corrected chi connectivity index (χ0v) is 19.3. The lowest BCUT2D eigenvalue weighted by atomic mass is 9.98. The van der Waals surface area contributed by atoms with Gasteiger partial charge in [-0.2, -0.15) is 10.5 Å². The van der Waals surface area contributed by atoms with Gasteiger partial charge in [0.15, 0.2) is 0 Å². The number of nitriles is 2. The molecule has 5 aromatic rings. The van der Waals surface area contributed by atoms with Gasteiger partial charge in [-0.1, -0.05) is 41.6 Å². The Hall–Kier alpha value is -4.38. The fourth-order valence-electron chi connectivity index (χ4n) is 4.13. The van der Waals surface area contributed by atoms with Gasteiger partial charge in [0.05, 0.1) is 46.5 Å². The van der Waals surface area contributed by atoms with Gasteiger partial charge in [-0.3, -0.25) is 0 Å². The average Bonchev–Trinajstić information content (AvgIpc) is 3.32. The van der Waals surface area contributed by atoms with Crippen LogP contribution >= 0.6 is 11.6 Å². The molecule has 0 aliphatic heterocycles. The highest BCUT2D eigenvalue weighted by molar-refractivity contribution is 6.33. The van der Waals surface area contributed by atoms with Crippen LogP contribution in [0, 0.1) is 34.5 Å². The molecule has 3 N–H and O–H groups in total. The van der Waals surface area contributed by atoms with Crippen molar-refractivity contribution < 1.29 is 10.2 Å². The van der Waals surface area contributed by atoms with E-state index in [2.05, 4.69) is 29.0 Å². The molecule has 168 valence electrons. The minimum Gasteiger partial charge on any atom is -0.392 e. The standard InChI is InChI=1S/C28H17ClN4O2/c1-28(35,15-34)10-9-16-5-7-20-22(11-16)23-12-19(29)6-8-21(23)26-25(20)32-27(33-26)24-17(13-30)3-2-4-18(24)14-31/h2-8,11-12,34-35H,15H2,1H3,(H,32,33). The Morgan fingerprint density at radius 1 is 0.971 bits per heavy atom. The van der Waals surface area contributed by atoms with Gasteiger partial charge < -0.3 is 15.2 Å². The Morgan fingerprint density at radius 2 is 1.66 bits per heavy atom. The summed E-state index contributed by atoms with van der Waals surface area (Å²) in [5, 5.41) is 42.6. The summed E-state index contributed by atoms with van der Waals surface area (Å²) in [7, 11) is 0. The number of halogens is 1. The van der Waals surface area contributed by atoms with Crippen LogP contribution in [-0.2, 0) is 0 Å². The lowest BCUT2D eigenvalue weighted by Gasteiger charge is -2.11. The average molecular weight is 477 g/mol. The van der Waals surface area contributed by atoms with Gasteiger partial charge >= 0.3 is 0 Å². The third-order valence-corrected chi connectivity index (χ3v) is 6.08. The molecule has 0 radical (unpaired) electrons. The SMILES string of the molecule is CC(O)(C#Cc1ccc2c(c1)c1cc(Cl)ccc1c1[nH]c(-c3c(C#N)cccc3C#N)nc21)CO. The zero-order valence-electron chi connectivity index (χ0n) is 18.5. The molecule has 0 saturated heterocycles. The molecule has 0 bridgehead atoms. The molecule has 0 aliphatic rings. The molecule has 1 atom stereocenters. The van der Waals surface area contributed by atoms with E-state index in [-0.39, 0.29) is 0 Å². The number of rotatable bonds is 2. The summed E-state index contributed by atoms with van der Waals surface area (Å²) in [6.07, 6.45) is 0. The maximum absolute atomic E-state index is 10.0. The summed E-state index contributed by atoms with van der Waals surface area (Å²) >= 11 is 6.34. The van der Waals surface area contributed by atoms with Gasteiger partial charge in [0.1, 0.15) is 11.4 Å². The van der Waals surface area contributed by atoms with Crippen LogP contribution in [0.2, 0.25) is 5.02 Å². The number of aliphatic hydroxyl groups is 2. The van der Waals surface area contributed by atoms with Crippen LogP contribution in [0.25, 0.3) is 44.0 Å². The highest BCUT2D eigenvalue weighted by Crippen LogP contribution is 2.37. The minimum atomic E-state index is -1.51. The Bertz CT molecular complexity index is 1780. The van der Waals surface area contributed by atoms with Crippen LogP contribution in [0.15, 0.2) is 54.6 Å². The van der Waals surface area contributed by atoms with Crippen molar-refractivity contribution in [3.63, 3.8) is 0 Å². The summed E-state index contributed by atoms with van der Waals surface area (Å²) in [6, 6.07) is 20.5. The predicted octanol–water partition coefficient (Wildman–Crippen LogP) is 5.03. The highest BCUT2D eigenvalue weighted by Gasteiger charge is 2.19. The van der Waals surface area contributed by atoms with Gasteiger partial charge in [0.25, 0.3) is 0 Å². The van der Waals surface area contributed by atoms with Gasteiger partial charge in [0, 0.05) is 21.4 Å². The number of nitrogens with one attached hydrogen (secondary N) is 1. The number of imidazole rings is 1. The number of aromatic nitrogens is 2. The monoisotopic (exact) mass is 476 g/mol. The van der Waals surface area contributed by atoms with Gasteiger partial charge in [0.2, 0.25) is 0 Å². The van der Waals surface area contributed by atoms with Crippen molar-refractivity contribution in [2.75, 3.05) is 6.61 Å². The molecule has 4 aromatic carbocycles. The molecule has 1 aromatic heterocycles. The number of aromatic amines is 1. The molecule has 5 rings (SSSR count). The smallest absolute Gasteiger partial charge is 0.145 e. The molecule has 0 saturated carbocycles. The predicted molar refractivity (Wildman–Crippen MR) is 136 cm³/mol. The normalized spacial score (nSPS) is 12.6. The van der Waals surface area contributed by atoms with Crippen molar-refractivity contribution in [3.05, 3.63) is 76.3 Å². The first kappa shape index (κ1) is 22.4. The molecular weight excluding hydrogens is 460 g/mol. The molecule has 7 heteroatoms. The number of benzene rings is 4. The molecule has 0 fully saturated rings. The summed E-state index contributed by atoms with van der Waals surface area (Å²) in [4.78, 5) is 8.17. The number of nitrogens with zero attached hydrogens (tertiary/aromatic N) is 3. The largest absolute Gasteiger partial charge is 0.392 e. The van der Waals surface area contributed by atoms with Crippen molar-refractivity contribution in [2.45, 2.75) is 12.5 Å². The van der Waals surface area contributed by atoms with Crippen molar-refractivity contribution >= 4 is 44.2 Å². The van der Waals surface area contributed by atoms with Crippen molar-refractivity contribution in [2.24, 2.45) is 0 Å². The Kier molecular flexibility index (Phi) is 5.40. The van der Waals surface area contributed by atoms with Crippen LogP contribution in [0.1, 0.15) is 23.6 Å². The third kappa shape index (κ3) is 3.85. The minimum absolute atomic E-state index is 0.355. The van der Waals surface area contributed by atoms with Gasteiger partial charge in [-0.25, -0.2) is 4.98 Å². The summed E-state index contributed by atoms with van der Waals surface area (Å²) in [5.74, 6) is 6.04. The van der Waals surface area contributed by atoms with Crippen LogP contribution in [0.4, 0.5) is 0 Å². The van der Waals surface area contributed by atoms with E-state index in [1.54, 1.807) is 24.3 Å². The van der Waals surface area contributed by atoms with Crippen molar-refractivity contribution in [3.8, 4) is 35.4 Å². The van der Waals surface area contributed by atoms with Crippen LogP contribution in [0.3, 0.4) is 0 Å². The fourth-order valence-corrected chi connectivity index (χ4v) is 4.30. The second-order valence-corrected chi connectivity index (χ2v) is 8.83. The highest BCUT2D eigenvalue weighted by atomic mass is 35.5. The molecule has 6 nitrogen and oxygen atoms in total. The second-order valence-electron chi connectivity index (χ2n) is 8.39. The summed E-state index contributed by atoms with van der Waals surface area (Å²) in [5.41, 5.74) is 1.76. The summed E-state index contributed by atoms with van der Waals surface area (Å²) in [6.45, 7) is 0.969. The topological polar surface area (TPSA) is 117 Å². The first-order chi connectivity index (χ1) is 16.8. The van der Waals surface area contributed by atoms with Crippen LogP contribution in [-0.4, -0.2) is 32.4 Å². The first-order valence-electron chi connectivity index (χ1n) is 10.7. The lowest BCUT2D eigenvalue weighted by molar-refractivity contribution is 0.0519. The van der Waals surface area contributed by atoms with Crippen molar-refractivity contribution in [1.29, 1.82) is 10.5 Å². The van der Waals surface area contributed by atoms with Crippen LogP contribution < -0.4 is 0 Å². The number of aliphatic hydroxyl groups excluding tert-OH is 1. The van der Waals surface area contributed by atoms with E-state index >= 15 is 0 Å². The molecule has 0 aliphatic carbocycles. The Balaban J connectivity index is 1.86. The molecule has 1 heterocycles. The van der Waals surface area contributed by atoms with E-state index < -0.39 is 12.2 Å². The van der Waals surface area contributed by atoms with E-state index in [0.29, 0.717) is 38.6 Å². The van der Waals surface area contributed by atoms with Crippen molar-refractivity contribution in [1.82, 2.24) is 9.97 Å². The molecule has 0 spiro atoms. The third-order valence-electron chi connectivity index (χ3n) is 5.85. The van der Waals surface area contributed by atoms with E-state index in [0.717, 1.165) is 27.1 Å². The van der Waals surface area contributed by atoms with Crippen LogP contribution in [0.5, 0.6) is 0 Å². The lowest BCUT2D eigenvalue weighted by Crippen LogP contribution is -2.26. The number of hydrogen-bond donors (Lipinski definition) is 3. The number of H-pyrrole nitrogens is 1. The molecule has 0 amide bonds. The second kappa shape index (κ2) is 8.44. The maximum atomic E-state index is 10.0. The zero-order chi connectivity index (χ0) is 24.7. The first-order valence-corrected chi connectivity index (χ1v) is 11.1. The van der Waals surface area contributed by atoms with E-state index in [4.69, 9.17) is 16.6 Å². The maximum Gasteiger partial charge on any atom is 0.145 e. The Labute approximate surface area is 205 Å². The van der Waals surface area contributed by atoms with E-state index in [9.17, 15) is 20.7 Å². The number of hydrogen-bond acceptors (Lipinski definition) is 5. The number of fused-ring (bicyclic) bond motifs is 6. The summed E-state index contributed by atoms with van der Waals surface area (Å²) < 4.78 is 0. The van der Waals surface area contributed by atoms with E-state index in [1.165, 1.54) is 6.92 Å².